The van der Waals surface area contributed by atoms with Crippen LogP contribution in [0.5, 0.6) is 0 Å². The summed E-state index contributed by atoms with van der Waals surface area (Å²) in [6.07, 6.45) is 90.4. The molecule has 1 aliphatic rings. The quantitative estimate of drug-likeness (QED) is 0.0261. The highest BCUT2D eigenvalue weighted by molar-refractivity contribution is 5.76. The molecule has 0 radical (unpaired) electrons. The van der Waals surface area contributed by atoms with E-state index in [1.807, 2.05) is 6.08 Å². The maximum atomic E-state index is 13.2. The first kappa shape index (κ1) is 84.6. The van der Waals surface area contributed by atoms with Crippen LogP contribution in [0.3, 0.4) is 0 Å². The third-order valence-corrected chi connectivity index (χ3v) is 18.2. The summed E-state index contributed by atoms with van der Waals surface area (Å²) < 4.78 is 11.3. The number of aliphatic hydroxyl groups is 5. The molecule has 6 N–H and O–H groups in total. The summed E-state index contributed by atoms with van der Waals surface area (Å²) in [6.45, 7) is 3.79. The molecule has 520 valence electrons. The van der Waals surface area contributed by atoms with Crippen molar-refractivity contribution < 1.29 is 39.8 Å². The molecule has 0 saturated carbocycles. The number of ether oxygens (including phenoxy) is 2. The fraction of sp³-hybridized carbons (Fsp3) is 0.838. The molecule has 0 aromatic rings. The standard InChI is InChI=1S/C80H147NO8/c1-3-5-7-9-11-13-15-17-19-21-23-25-27-29-31-33-34-35-36-37-38-39-40-42-44-46-48-50-52-54-56-58-60-62-64-66-68-70-76(84)81-73(72-88-80-79(87)78(86)77(85)75(71-82)89-80)74(83)69-67-65-63-61-59-57-55-53-51-49-47-45-43-41-32-30-28-26-24-22-20-18-16-14-12-10-8-6-4-2/h15,17,21,23,27,29,51,53,59,61,67,69,73-75,77-80,82-83,85-87H,3-14,16,18-20,22,24-26,28,30-50,52,54-58,60,62-66,68,70-72H2,1-2H3,(H,81,84)/b17-15-,23-21-,29-27-,53-51+,61-59+,69-67+. The number of amides is 1. The van der Waals surface area contributed by atoms with Gasteiger partial charge in [-0.25, -0.2) is 0 Å². The van der Waals surface area contributed by atoms with Crippen molar-refractivity contribution in [1.29, 1.82) is 0 Å². The van der Waals surface area contributed by atoms with Crippen LogP contribution in [0.4, 0.5) is 0 Å². The summed E-state index contributed by atoms with van der Waals surface area (Å²) in [7, 11) is 0. The summed E-state index contributed by atoms with van der Waals surface area (Å²) in [5, 5.41) is 54.8. The second-order valence-corrected chi connectivity index (χ2v) is 26.8. The lowest BCUT2D eigenvalue weighted by molar-refractivity contribution is -0.302. The van der Waals surface area contributed by atoms with E-state index in [2.05, 4.69) is 79.9 Å². The number of carbonyl (C=O) groups is 1. The van der Waals surface area contributed by atoms with Crippen LogP contribution in [0.1, 0.15) is 373 Å². The van der Waals surface area contributed by atoms with E-state index in [9.17, 15) is 30.3 Å². The topological polar surface area (TPSA) is 149 Å². The first-order valence-electron chi connectivity index (χ1n) is 38.7. The van der Waals surface area contributed by atoms with Crippen molar-refractivity contribution in [2.45, 2.75) is 416 Å². The minimum absolute atomic E-state index is 0.185. The van der Waals surface area contributed by atoms with Gasteiger partial charge in [0.05, 0.1) is 25.4 Å². The molecule has 0 aromatic heterocycles. The molecule has 1 amide bonds. The highest BCUT2D eigenvalue weighted by Crippen LogP contribution is 2.24. The average Bonchev–Trinajstić information content (AvgIpc) is 2.28. The van der Waals surface area contributed by atoms with Crippen LogP contribution in [0.2, 0.25) is 0 Å². The summed E-state index contributed by atoms with van der Waals surface area (Å²) >= 11 is 0. The van der Waals surface area contributed by atoms with Crippen LogP contribution in [0.25, 0.3) is 0 Å². The summed E-state index contributed by atoms with van der Waals surface area (Å²) in [5.74, 6) is -0.185. The Kier molecular flexibility index (Phi) is 65.1. The van der Waals surface area contributed by atoms with E-state index in [1.165, 1.54) is 295 Å². The van der Waals surface area contributed by atoms with Crippen molar-refractivity contribution in [3.8, 4) is 0 Å². The molecule has 0 aliphatic carbocycles. The van der Waals surface area contributed by atoms with E-state index in [0.717, 1.165) is 57.8 Å². The fourth-order valence-corrected chi connectivity index (χ4v) is 12.2. The van der Waals surface area contributed by atoms with Gasteiger partial charge in [-0.05, 0) is 83.5 Å². The molecule has 9 nitrogen and oxygen atoms in total. The number of carbonyl (C=O) groups excluding carboxylic acids is 1. The lowest BCUT2D eigenvalue weighted by Crippen LogP contribution is -2.60. The van der Waals surface area contributed by atoms with Gasteiger partial charge < -0.3 is 40.3 Å². The van der Waals surface area contributed by atoms with Crippen molar-refractivity contribution in [3.63, 3.8) is 0 Å². The third-order valence-electron chi connectivity index (χ3n) is 18.2. The van der Waals surface area contributed by atoms with Crippen molar-refractivity contribution in [2.24, 2.45) is 0 Å². The number of allylic oxidation sites excluding steroid dienone is 11. The van der Waals surface area contributed by atoms with Gasteiger partial charge in [0.2, 0.25) is 5.91 Å². The van der Waals surface area contributed by atoms with Gasteiger partial charge in [0.15, 0.2) is 6.29 Å². The first-order valence-corrected chi connectivity index (χ1v) is 38.7. The van der Waals surface area contributed by atoms with Crippen molar-refractivity contribution >= 4 is 5.91 Å². The summed E-state index contributed by atoms with van der Waals surface area (Å²) in [5.41, 5.74) is 0. The Hall–Kier alpha value is -2.37. The van der Waals surface area contributed by atoms with Gasteiger partial charge in [-0.3, -0.25) is 4.79 Å². The lowest BCUT2D eigenvalue weighted by Gasteiger charge is -2.40. The molecule has 0 aromatic carbocycles. The Bertz CT molecular complexity index is 1640. The van der Waals surface area contributed by atoms with Crippen molar-refractivity contribution in [2.75, 3.05) is 13.2 Å². The number of hydrogen-bond acceptors (Lipinski definition) is 8. The number of rotatable bonds is 68. The Labute approximate surface area is 550 Å². The van der Waals surface area contributed by atoms with E-state index in [4.69, 9.17) is 9.47 Å². The highest BCUT2D eigenvalue weighted by atomic mass is 16.7. The molecule has 9 heteroatoms. The van der Waals surface area contributed by atoms with E-state index in [0.29, 0.717) is 6.42 Å². The minimum Gasteiger partial charge on any atom is -0.394 e. The van der Waals surface area contributed by atoms with E-state index < -0.39 is 49.5 Å². The van der Waals surface area contributed by atoms with Gasteiger partial charge in [-0.15, -0.1) is 0 Å². The molecule has 1 rings (SSSR count). The zero-order valence-electron chi connectivity index (χ0n) is 58.4. The third kappa shape index (κ3) is 56.9. The second-order valence-electron chi connectivity index (χ2n) is 26.8. The van der Waals surface area contributed by atoms with Crippen molar-refractivity contribution in [1.82, 2.24) is 5.32 Å². The molecule has 7 atom stereocenters. The smallest absolute Gasteiger partial charge is 0.220 e. The SMILES string of the molecule is CCCCCCC/C=C\C/C=C\C/C=C\CCCCCCCCCCCCCCCCCCCCCCCCC(=O)NC(COC1OC(CO)C(O)C(O)C1O)C(O)/C=C/CC/C=C/CC/C=C/CCCCCCCCCCCCCCCCCCCCC. The second kappa shape index (κ2) is 68.5. The Morgan fingerprint density at radius 3 is 1.02 bits per heavy atom. The van der Waals surface area contributed by atoms with Gasteiger partial charge >= 0.3 is 0 Å². The van der Waals surface area contributed by atoms with Gasteiger partial charge in [0.1, 0.15) is 24.4 Å². The van der Waals surface area contributed by atoms with Crippen LogP contribution in [0, 0.1) is 0 Å². The van der Waals surface area contributed by atoms with Crippen LogP contribution in [-0.2, 0) is 14.3 Å². The largest absolute Gasteiger partial charge is 0.394 e. The normalized spacial score (nSPS) is 18.2. The molecule has 89 heavy (non-hydrogen) atoms. The van der Waals surface area contributed by atoms with Crippen molar-refractivity contribution in [3.05, 3.63) is 72.9 Å². The summed E-state index contributed by atoms with van der Waals surface area (Å²) in [6, 6.07) is -0.832. The van der Waals surface area contributed by atoms with Crippen LogP contribution in [0.15, 0.2) is 72.9 Å². The zero-order chi connectivity index (χ0) is 64.2. The maximum absolute atomic E-state index is 13.2. The average molecular weight is 1250 g/mol. The molecule has 1 fully saturated rings. The fourth-order valence-electron chi connectivity index (χ4n) is 12.2. The number of nitrogens with one attached hydrogen (secondary N) is 1. The predicted octanol–water partition coefficient (Wildman–Crippen LogP) is 21.9. The molecular weight excluding hydrogens is 1100 g/mol. The molecule has 1 heterocycles. The van der Waals surface area contributed by atoms with Gasteiger partial charge in [0.25, 0.3) is 0 Å². The molecule has 0 bridgehead atoms. The summed E-state index contributed by atoms with van der Waals surface area (Å²) in [4.78, 5) is 13.2. The zero-order valence-corrected chi connectivity index (χ0v) is 58.4. The molecular formula is C80H147NO8. The van der Waals surface area contributed by atoms with Gasteiger partial charge in [-0.2, -0.15) is 0 Å². The van der Waals surface area contributed by atoms with Gasteiger partial charge in [0, 0.05) is 6.42 Å². The number of aliphatic hydroxyl groups excluding tert-OH is 5. The number of hydrogen-bond donors (Lipinski definition) is 6. The Balaban J connectivity index is 2.10. The predicted molar refractivity (Wildman–Crippen MR) is 382 cm³/mol. The lowest BCUT2D eigenvalue weighted by atomic mass is 9.99. The highest BCUT2D eigenvalue weighted by Gasteiger charge is 2.44. The molecule has 1 aliphatic heterocycles. The minimum atomic E-state index is -1.58. The van der Waals surface area contributed by atoms with E-state index >= 15 is 0 Å². The van der Waals surface area contributed by atoms with E-state index in [-0.39, 0.29) is 12.5 Å². The maximum Gasteiger partial charge on any atom is 0.220 e. The van der Waals surface area contributed by atoms with Gasteiger partial charge in [-0.1, -0.05) is 356 Å². The number of unbranched alkanes of at least 4 members (excludes halogenated alkanes) is 48. The molecule has 1 saturated heterocycles. The van der Waals surface area contributed by atoms with Crippen LogP contribution < -0.4 is 5.32 Å². The first-order chi connectivity index (χ1) is 43.8. The van der Waals surface area contributed by atoms with Crippen LogP contribution >= 0.6 is 0 Å². The molecule has 7 unspecified atom stereocenters. The van der Waals surface area contributed by atoms with E-state index in [1.54, 1.807) is 6.08 Å². The monoisotopic (exact) mass is 1250 g/mol. The molecule has 0 spiro atoms. The van der Waals surface area contributed by atoms with Crippen LogP contribution in [-0.4, -0.2) is 87.5 Å². The Morgan fingerprint density at radius 2 is 0.674 bits per heavy atom. The Morgan fingerprint density at radius 1 is 0.382 bits per heavy atom.